The van der Waals surface area contributed by atoms with E-state index in [2.05, 4.69) is 44.7 Å². The van der Waals surface area contributed by atoms with Crippen LogP contribution in [0.5, 0.6) is 0 Å². The van der Waals surface area contributed by atoms with E-state index in [4.69, 9.17) is 0 Å². The lowest BCUT2D eigenvalue weighted by atomic mass is 9.99. The second-order valence-corrected chi connectivity index (χ2v) is 5.98. The van der Waals surface area contributed by atoms with Crippen molar-refractivity contribution in [1.82, 2.24) is 9.80 Å². The molecule has 0 rings (SSSR count). The number of nitrogens with zero attached hydrogens (tertiary/aromatic N) is 2. The van der Waals surface area contributed by atoms with Crippen molar-refractivity contribution in [2.24, 2.45) is 5.92 Å². The lowest BCUT2D eigenvalue weighted by Gasteiger charge is -2.21. The van der Waals surface area contributed by atoms with E-state index in [1.165, 1.54) is 64.7 Å². The molecule has 0 amide bonds. The first kappa shape index (κ1) is 17.9. The summed E-state index contributed by atoms with van der Waals surface area (Å²) >= 11 is 0. The molecule has 0 aromatic carbocycles. The highest BCUT2D eigenvalue weighted by atomic mass is 15.1. The van der Waals surface area contributed by atoms with E-state index in [1.54, 1.807) is 0 Å². The maximum absolute atomic E-state index is 2.61. The van der Waals surface area contributed by atoms with Gasteiger partial charge in [0, 0.05) is 0 Å². The standard InChI is InChI=1S/C16H36N2/c1-6-8-14-18(7-2)15-10-12-16(3)11-9-13-17(4)5/h16H,6-15H2,1-5H3. The Morgan fingerprint density at radius 2 is 1.39 bits per heavy atom. The van der Waals surface area contributed by atoms with Gasteiger partial charge in [-0.15, -0.1) is 0 Å². The topological polar surface area (TPSA) is 6.48 Å². The summed E-state index contributed by atoms with van der Waals surface area (Å²) in [6.07, 6.45) is 8.18. The van der Waals surface area contributed by atoms with Crippen LogP contribution in [0.3, 0.4) is 0 Å². The zero-order valence-corrected chi connectivity index (χ0v) is 13.5. The van der Waals surface area contributed by atoms with Gasteiger partial charge in [0.2, 0.25) is 0 Å². The number of unbranched alkanes of at least 4 members (excludes halogenated alkanes) is 1. The van der Waals surface area contributed by atoms with Crippen molar-refractivity contribution in [3.05, 3.63) is 0 Å². The molecule has 0 aliphatic heterocycles. The van der Waals surface area contributed by atoms with Gasteiger partial charge in [0.25, 0.3) is 0 Å². The molecule has 2 nitrogen and oxygen atoms in total. The fraction of sp³-hybridized carbons (Fsp3) is 1.00. The SMILES string of the molecule is CCCCN(CC)CCCC(C)CCCN(C)C. The second kappa shape index (κ2) is 12.0. The summed E-state index contributed by atoms with van der Waals surface area (Å²) in [4.78, 5) is 4.90. The molecule has 0 aliphatic rings. The van der Waals surface area contributed by atoms with Crippen molar-refractivity contribution in [2.75, 3.05) is 40.3 Å². The lowest BCUT2D eigenvalue weighted by molar-refractivity contribution is 0.267. The van der Waals surface area contributed by atoms with E-state index in [0.29, 0.717) is 0 Å². The minimum Gasteiger partial charge on any atom is -0.309 e. The van der Waals surface area contributed by atoms with Crippen LogP contribution in [0, 0.1) is 5.92 Å². The quantitative estimate of drug-likeness (QED) is 0.523. The molecule has 1 unspecified atom stereocenters. The highest BCUT2D eigenvalue weighted by Crippen LogP contribution is 2.13. The van der Waals surface area contributed by atoms with Gasteiger partial charge in [0.15, 0.2) is 0 Å². The summed E-state index contributed by atoms with van der Waals surface area (Å²) in [7, 11) is 4.33. The molecule has 0 N–H and O–H groups in total. The zero-order valence-electron chi connectivity index (χ0n) is 13.5. The first-order chi connectivity index (χ1) is 8.60. The molecular weight excluding hydrogens is 220 g/mol. The van der Waals surface area contributed by atoms with Gasteiger partial charge in [0.1, 0.15) is 0 Å². The molecule has 0 spiro atoms. The molecule has 0 bridgehead atoms. The Bertz CT molecular complexity index is 168. The van der Waals surface area contributed by atoms with Crippen LogP contribution >= 0.6 is 0 Å². The minimum atomic E-state index is 0.898. The van der Waals surface area contributed by atoms with E-state index in [1.807, 2.05) is 0 Å². The van der Waals surface area contributed by atoms with Gasteiger partial charge in [-0.3, -0.25) is 0 Å². The van der Waals surface area contributed by atoms with Crippen molar-refractivity contribution in [2.45, 2.75) is 59.3 Å². The van der Waals surface area contributed by atoms with Crippen molar-refractivity contribution in [1.29, 1.82) is 0 Å². The van der Waals surface area contributed by atoms with Crippen LogP contribution in [0.4, 0.5) is 0 Å². The van der Waals surface area contributed by atoms with Crippen LogP contribution in [0.15, 0.2) is 0 Å². The summed E-state index contributed by atoms with van der Waals surface area (Å²) in [5.74, 6) is 0.898. The Kier molecular flexibility index (Phi) is 11.9. The number of rotatable bonds is 12. The summed E-state index contributed by atoms with van der Waals surface area (Å²) in [6.45, 7) is 12.0. The Hall–Kier alpha value is -0.0800. The smallest absolute Gasteiger partial charge is 0.00188 e. The van der Waals surface area contributed by atoms with Crippen LogP contribution in [0.25, 0.3) is 0 Å². The molecule has 0 aromatic rings. The third-order valence-electron chi connectivity index (χ3n) is 3.75. The molecule has 2 heteroatoms. The molecule has 0 heterocycles. The van der Waals surface area contributed by atoms with E-state index in [9.17, 15) is 0 Å². The van der Waals surface area contributed by atoms with Crippen molar-refractivity contribution in [3.8, 4) is 0 Å². The molecule has 0 radical (unpaired) electrons. The normalized spacial score (nSPS) is 13.5. The summed E-state index contributed by atoms with van der Waals surface area (Å²) in [5.41, 5.74) is 0. The molecule has 0 aromatic heterocycles. The van der Waals surface area contributed by atoms with Crippen molar-refractivity contribution >= 4 is 0 Å². The van der Waals surface area contributed by atoms with Crippen LogP contribution in [-0.2, 0) is 0 Å². The Morgan fingerprint density at radius 1 is 0.833 bits per heavy atom. The van der Waals surface area contributed by atoms with Crippen LogP contribution in [0.1, 0.15) is 59.3 Å². The van der Waals surface area contributed by atoms with Gasteiger partial charge in [-0.2, -0.15) is 0 Å². The predicted molar refractivity (Wildman–Crippen MR) is 83.2 cm³/mol. The largest absolute Gasteiger partial charge is 0.309 e. The molecule has 0 fully saturated rings. The van der Waals surface area contributed by atoms with E-state index >= 15 is 0 Å². The molecule has 0 saturated heterocycles. The van der Waals surface area contributed by atoms with Gasteiger partial charge in [0.05, 0.1) is 0 Å². The van der Waals surface area contributed by atoms with Crippen LogP contribution < -0.4 is 0 Å². The maximum atomic E-state index is 2.61. The molecular formula is C16H36N2. The monoisotopic (exact) mass is 256 g/mol. The van der Waals surface area contributed by atoms with E-state index in [-0.39, 0.29) is 0 Å². The summed E-state index contributed by atoms with van der Waals surface area (Å²) in [5, 5.41) is 0. The molecule has 1 atom stereocenters. The summed E-state index contributed by atoms with van der Waals surface area (Å²) < 4.78 is 0. The van der Waals surface area contributed by atoms with Crippen molar-refractivity contribution in [3.63, 3.8) is 0 Å². The summed E-state index contributed by atoms with van der Waals surface area (Å²) in [6, 6.07) is 0. The fourth-order valence-corrected chi connectivity index (χ4v) is 2.37. The average Bonchev–Trinajstić information content (AvgIpc) is 2.33. The first-order valence-electron chi connectivity index (χ1n) is 7.97. The molecule has 0 aliphatic carbocycles. The Morgan fingerprint density at radius 3 is 1.89 bits per heavy atom. The lowest BCUT2D eigenvalue weighted by Crippen LogP contribution is -2.26. The highest BCUT2D eigenvalue weighted by Gasteiger charge is 2.05. The number of hydrogen-bond donors (Lipinski definition) is 0. The first-order valence-corrected chi connectivity index (χ1v) is 7.97. The average molecular weight is 256 g/mol. The highest BCUT2D eigenvalue weighted by molar-refractivity contribution is 4.60. The second-order valence-electron chi connectivity index (χ2n) is 5.98. The van der Waals surface area contributed by atoms with E-state index in [0.717, 1.165) is 5.92 Å². The molecule has 0 saturated carbocycles. The minimum absolute atomic E-state index is 0.898. The Labute approximate surface area is 116 Å². The zero-order chi connectivity index (χ0) is 13.8. The van der Waals surface area contributed by atoms with Crippen LogP contribution in [0.2, 0.25) is 0 Å². The molecule has 110 valence electrons. The third kappa shape index (κ3) is 11.0. The van der Waals surface area contributed by atoms with Gasteiger partial charge in [-0.1, -0.05) is 27.2 Å². The third-order valence-corrected chi connectivity index (χ3v) is 3.75. The van der Waals surface area contributed by atoms with Crippen LogP contribution in [-0.4, -0.2) is 50.1 Å². The van der Waals surface area contributed by atoms with E-state index < -0.39 is 0 Å². The van der Waals surface area contributed by atoms with Gasteiger partial charge in [-0.25, -0.2) is 0 Å². The fourth-order valence-electron chi connectivity index (χ4n) is 2.37. The van der Waals surface area contributed by atoms with Crippen molar-refractivity contribution < 1.29 is 0 Å². The number of hydrogen-bond acceptors (Lipinski definition) is 2. The van der Waals surface area contributed by atoms with Gasteiger partial charge >= 0.3 is 0 Å². The molecule has 18 heavy (non-hydrogen) atoms. The Balaban J connectivity index is 3.49. The van der Waals surface area contributed by atoms with Gasteiger partial charge in [-0.05, 0) is 78.3 Å². The maximum Gasteiger partial charge on any atom is -0.00188 e. The van der Waals surface area contributed by atoms with Gasteiger partial charge < -0.3 is 9.80 Å². The predicted octanol–water partition coefficient (Wildman–Crippen LogP) is 3.87.